The first-order chi connectivity index (χ1) is 11.9. The largest absolute Gasteiger partial charge is 0.463 e. The molecule has 0 atom stereocenters. The molecule has 1 heterocycles. The molecule has 9 heteroatoms. The maximum atomic E-state index is 12.1. The van der Waals surface area contributed by atoms with Crippen molar-refractivity contribution >= 4 is 43.6 Å². The molecule has 0 aliphatic carbocycles. The number of esters is 1. The molecule has 0 saturated heterocycles. The van der Waals surface area contributed by atoms with Crippen LogP contribution in [0.3, 0.4) is 0 Å². The van der Waals surface area contributed by atoms with Gasteiger partial charge in [0, 0.05) is 5.56 Å². The number of H-pyrrole nitrogens is 1. The van der Waals surface area contributed by atoms with Gasteiger partial charge in [0.25, 0.3) is 5.78 Å². The number of aliphatic hydroxyl groups excluding tert-OH is 3. The summed E-state index contributed by atoms with van der Waals surface area (Å²) in [6.07, 6.45) is 0. The zero-order valence-electron chi connectivity index (χ0n) is 13.1. The van der Waals surface area contributed by atoms with Crippen LogP contribution in [0.2, 0.25) is 0 Å². The van der Waals surface area contributed by atoms with Crippen molar-refractivity contribution in [2.45, 2.75) is 19.8 Å². The van der Waals surface area contributed by atoms with Crippen molar-refractivity contribution in [3.05, 3.63) is 43.6 Å². The summed E-state index contributed by atoms with van der Waals surface area (Å²) in [4.78, 5) is 26.4. The molecule has 2 rings (SSSR count). The summed E-state index contributed by atoms with van der Waals surface area (Å²) in [5.74, 6) is -1.88. The van der Waals surface area contributed by atoms with Gasteiger partial charge in [-0.25, -0.2) is 4.79 Å². The number of rotatable bonds is 6. The molecule has 1 aromatic heterocycles. The van der Waals surface area contributed by atoms with Gasteiger partial charge in [0.1, 0.15) is 5.69 Å². The maximum Gasteiger partial charge on any atom is 0.381 e. The third-order valence-electron chi connectivity index (χ3n) is 3.78. The summed E-state index contributed by atoms with van der Waals surface area (Å²) in [7, 11) is 1.11. The highest BCUT2D eigenvalue weighted by atomic mass is 79.9. The predicted octanol–water partition coefficient (Wildman–Crippen LogP) is 2.04. The van der Waals surface area contributed by atoms with E-state index in [4.69, 9.17) is 0 Å². The number of ketones is 1. The van der Waals surface area contributed by atoms with Crippen LogP contribution >= 0.6 is 31.9 Å². The van der Waals surface area contributed by atoms with E-state index in [1.165, 1.54) is 0 Å². The Balaban J connectivity index is 2.70. The van der Waals surface area contributed by atoms with Gasteiger partial charge < -0.3 is 25.0 Å². The minimum Gasteiger partial charge on any atom is -0.463 e. The Morgan fingerprint density at radius 3 is 2.24 bits per heavy atom. The van der Waals surface area contributed by atoms with E-state index in [2.05, 4.69) is 41.6 Å². The van der Waals surface area contributed by atoms with E-state index in [-0.39, 0.29) is 25.5 Å². The number of nitrogens with one attached hydrogen (secondary N) is 1. The van der Waals surface area contributed by atoms with Gasteiger partial charge in [-0.2, -0.15) is 0 Å². The predicted molar refractivity (Wildman–Crippen MR) is 95.7 cm³/mol. The van der Waals surface area contributed by atoms with Crippen molar-refractivity contribution < 1.29 is 29.6 Å². The van der Waals surface area contributed by atoms with E-state index >= 15 is 0 Å². The number of hydrogen-bond acceptors (Lipinski definition) is 6. The number of halogens is 2. The van der Waals surface area contributed by atoms with Crippen LogP contribution in [0.4, 0.5) is 0 Å². The molecule has 0 aliphatic rings. The second kappa shape index (κ2) is 8.24. The zero-order valence-corrected chi connectivity index (χ0v) is 16.3. The first-order valence-electron chi connectivity index (χ1n) is 7.07. The smallest absolute Gasteiger partial charge is 0.381 e. The Kier molecular flexibility index (Phi) is 6.53. The number of aromatic amines is 1. The van der Waals surface area contributed by atoms with Gasteiger partial charge >= 0.3 is 5.97 Å². The monoisotopic (exact) mass is 475 g/mol. The average molecular weight is 477 g/mol. The van der Waals surface area contributed by atoms with Crippen LogP contribution in [0.1, 0.15) is 27.2 Å². The van der Waals surface area contributed by atoms with Crippen molar-refractivity contribution in [3.63, 3.8) is 0 Å². The van der Waals surface area contributed by atoms with Crippen molar-refractivity contribution in [2.24, 2.45) is 0 Å². The van der Waals surface area contributed by atoms with Gasteiger partial charge in [0.05, 0.1) is 36.0 Å². The Morgan fingerprint density at radius 1 is 1.08 bits per heavy atom. The van der Waals surface area contributed by atoms with Crippen LogP contribution in [-0.2, 0) is 29.4 Å². The molecule has 4 N–H and O–H groups in total. The minimum absolute atomic E-state index is 0.00519. The Labute approximate surface area is 159 Å². The third-order valence-corrected chi connectivity index (χ3v) is 5.16. The number of ether oxygens (including phenoxy) is 1. The second-order valence-electron chi connectivity index (χ2n) is 5.03. The number of methoxy groups -OCH3 is 1. The molecule has 25 heavy (non-hydrogen) atoms. The summed E-state index contributed by atoms with van der Waals surface area (Å²) in [5, 5.41) is 28.8. The fraction of sp³-hybridized carbons (Fsp3) is 0.250. The lowest BCUT2D eigenvalue weighted by Gasteiger charge is -2.15. The van der Waals surface area contributed by atoms with E-state index in [9.17, 15) is 24.9 Å². The van der Waals surface area contributed by atoms with Crippen molar-refractivity contribution in [1.29, 1.82) is 0 Å². The molecule has 0 saturated carbocycles. The van der Waals surface area contributed by atoms with Crippen molar-refractivity contribution in [2.75, 3.05) is 7.11 Å². The molecule has 0 aliphatic heterocycles. The second-order valence-corrected chi connectivity index (χ2v) is 6.61. The molecular formula is C16H15Br2NO6. The fourth-order valence-electron chi connectivity index (χ4n) is 2.54. The molecular weight excluding hydrogens is 462 g/mol. The summed E-state index contributed by atoms with van der Waals surface area (Å²) < 4.78 is 5.16. The van der Waals surface area contributed by atoms with E-state index < -0.39 is 11.8 Å². The van der Waals surface area contributed by atoms with Crippen LogP contribution < -0.4 is 0 Å². The van der Waals surface area contributed by atoms with Crippen LogP contribution in [-0.4, -0.2) is 39.2 Å². The third kappa shape index (κ3) is 3.56. The molecule has 134 valence electrons. The number of carbonyl (C=O) groups excluding carboxylic acids is 2. The van der Waals surface area contributed by atoms with Crippen LogP contribution in [0.5, 0.6) is 0 Å². The van der Waals surface area contributed by atoms with E-state index in [0.717, 1.165) is 7.11 Å². The van der Waals surface area contributed by atoms with E-state index in [1.54, 1.807) is 12.1 Å². The van der Waals surface area contributed by atoms with Crippen molar-refractivity contribution in [3.8, 4) is 11.1 Å². The molecule has 0 spiro atoms. The molecule has 1 aromatic carbocycles. The maximum absolute atomic E-state index is 12.1. The van der Waals surface area contributed by atoms with Gasteiger partial charge in [-0.3, -0.25) is 4.79 Å². The number of benzene rings is 1. The summed E-state index contributed by atoms with van der Waals surface area (Å²) >= 11 is 6.61. The van der Waals surface area contributed by atoms with Gasteiger partial charge in [0.2, 0.25) is 0 Å². The van der Waals surface area contributed by atoms with Gasteiger partial charge in [-0.15, -0.1) is 0 Å². The number of aromatic nitrogens is 1. The zero-order chi connectivity index (χ0) is 18.7. The lowest BCUT2D eigenvalue weighted by Crippen LogP contribution is -2.16. The van der Waals surface area contributed by atoms with E-state index in [1.807, 2.05) is 0 Å². The molecule has 0 amide bonds. The topological polar surface area (TPSA) is 120 Å². The summed E-state index contributed by atoms with van der Waals surface area (Å²) in [6.45, 7) is -1.04. The van der Waals surface area contributed by atoms with Crippen LogP contribution in [0, 0.1) is 0 Å². The lowest BCUT2D eigenvalue weighted by atomic mass is 9.93. The Morgan fingerprint density at radius 2 is 1.72 bits per heavy atom. The van der Waals surface area contributed by atoms with Gasteiger partial charge in [-0.1, -0.05) is 12.1 Å². The molecule has 0 radical (unpaired) electrons. The fourth-order valence-corrected chi connectivity index (χ4v) is 4.10. The van der Waals surface area contributed by atoms with Crippen LogP contribution in [0.15, 0.2) is 21.2 Å². The van der Waals surface area contributed by atoms with Crippen molar-refractivity contribution in [1.82, 2.24) is 4.98 Å². The van der Waals surface area contributed by atoms with Gasteiger partial charge in [0.15, 0.2) is 0 Å². The van der Waals surface area contributed by atoms with Gasteiger partial charge in [-0.05, 0) is 54.1 Å². The van der Waals surface area contributed by atoms with E-state index in [0.29, 0.717) is 36.9 Å². The molecule has 0 bridgehead atoms. The number of Topliss-reactive ketones (excluding diaryl/α,β-unsaturated/α-hetero) is 1. The highest BCUT2D eigenvalue weighted by Crippen LogP contribution is 2.41. The quantitative estimate of drug-likeness (QED) is 0.287. The molecule has 0 fully saturated rings. The highest BCUT2D eigenvalue weighted by Gasteiger charge is 2.27. The first kappa shape index (κ1) is 19.8. The lowest BCUT2D eigenvalue weighted by molar-refractivity contribution is -0.135. The summed E-state index contributed by atoms with van der Waals surface area (Å²) in [5.41, 5.74) is 2.33. The normalized spacial score (nSPS) is 10.8. The summed E-state index contributed by atoms with van der Waals surface area (Å²) in [6, 6.07) is 3.27. The molecule has 0 unspecified atom stereocenters. The highest BCUT2D eigenvalue weighted by molar-refractivity contribution is 9.11. The first-order valence-corrected chi connectivity index (χ1v) is 8.65. The standard InChI is InChI=1S/C16H15Br2NO6/c1-25-16(24)14(23)13-12(17)11(15(18)19-13)8-3-2-7(4-20)9(5-21)10(8)6-22/h2-3,19-22H,4-6H2,1H3. The number of carbonyl (C=O) groups is 2. The van der Waals surface area contributed by atoms with Crippen LogP contribution in [0.25, 0.3) is 11.1 Å². The average Bonchev–Trinajstić information content (AvgIpc) is 2.92. The number of aliphatic hydroxyl groups is 3. The Bertz CT molecular complexity index is 831. The number of hydrogen-bond donors (Lipinski definition) is 4. The molecule has 7 nitrogen and oxygen atoms in total. The SMILES string of the molecule is COC(=O)C(=O)c1[nH]c(Br)c(-c2ccc(CO)c(CO)c2CO)c1Br. The molecule has 2 aromatic rings. The minimum atomic E-state index is -1.02. The Hall–Kier alpha value is -1.52.